The Morgan fingerprint density at radius 2 is 1.91 bits per heavy atom. The molecule has 2 saturated heterocycles. The molecule has 1 atom stereocenters. The summed E-state index contributed by atoms with van der Waals surface area (Å²) in [5, 5.41) is 0.390. The molecule has 0 bridgehead atoms. The van der Waals surface area contributed by atoms with Gasteiger partial charge in [0.15, 0.2) is 0 Å². The van der Waals surface area contributed by atoms with Gasteiger partial charge in [0.25, 0.3) is 5.91 Å². The van der Waals surface area contributed by atoms with Crippen molar-refractivity contribution in [3.63, 3.8) is 0 Å². The molecule has 7 heteroatoms. The highest BCUT2D eigenvalue weighted by atomic mass is 35.5. The molecule has 3 heterocycles. The first kappa shape index (κ1) is 16.1. The van der Waals surface area contributed by atoms with Crippen LogP contribution in [0.1, 0.15) is 42.5 Å². The highest BCUT2D eigenvalue weighted by Gasteiger charge is 2.31. The highest BCUT2D eigenvalue weighted by Crippen LogP contribution is 2.30. The summed E-state index contributed by atoms with van der Waals surface area (Å²) in [4.78, 5) is 32.1. The first-order valence-electron chi connectivity index (χ1n) is 8.08. The lowest BCUT2D eigenvalue weighted by Gasteiger charge is -2.27. The maximum absolute atomic E-state index is 12.5. The molecule has 1 unspecified atom stereocenters. The molecule has 124 valence electrons. The van der Waals surface area contributed by atoms with Crippen LogP contribution in [0, 0.1) is 0 Å². The van der Waals surface area contributed by atoms with Gasteiger partial charge < -0.3 is 15.5 Å². The lowest BCUT2D eigenvalue weighted by Crippen LogP contribution is -2.41. The number of hydrogen-bond donors (Lipinski definition) is 1. The summed E-state index contributed by atoms with van der Waals surface area (Å²) in [6.45, 7) is 2.27. The Morgan fingerprint density at radius 1 is 1.17 bits per heavy atom. The number of carbonyl (C=O) groups excluding carboxylic acids is 2. The number of anilines is 1. The molecular weight excluding hydrogens is 316 g/mol. The monoisotopic (exact) mass is 336 g/mol. The molecule has 1 aromatic rings. The lowest BCUT2D eigenvalue weighted by molar-refractivity contribution is -0.119. The first-order valence-corrected chi connectivity index (χ1v) is 8.46. The number of nitrogens with zero attached hydrogens (tertiary/aromatic N) is 3. The second kappa shape index (κ2) is 6.74. The zero-order valence-electron chi connectivity index (χ0n) is 13.0. The van der Waals surface area contributed by atoms with Crippen LogP contribution in [0.3, 0.4) is 0 Å². The quantitative estimate of drug-likeness (QED) is 0.913. The Kier molecular flexibility index (Phi) is 4.71. The van der Waals surface area contributed by atoms with Gasteiger partial charge in [-0.15, -0.1) is 0 Å². The van der Waals surface area contributed by atoms with E-state index >= 15 is 0 Å². The standard InChI is InChI=1S/C16H21ClN4O2/c17-12-9-11(16(23)20-6-2-1-3-7-20)10-19-15(12)21-8-4-5-13(21)14(18)22/h9-10,13H,1-8H2,(H2,18,22). The Balaban J connectivity index is 1.80. The molecule has 0 spiro atoms. The van der Waals surface area contributed by atoms with E-state index in [1.807, 2.05) is 9.80 Å². The van der Waals surface area contributed by atoms with Gasteiger partial charge >= 0.3 is 0 Å². The first-order chi connectivity index (χ1) is 11.1. The number of primary amides is 1. The number of halogens is 1. The summed E-state index contributed by atoms with van der Waals surface area (Å²) in [5.74, 6) is 0.135. The van der Waals surface area contributed by atoms with Crippen molar-refractivity contribution in [3.05, 3.63) is 22.8 Å². The number of aromatic nitrogens is 1. The molecule has 2 fully saturated rings. The summed E-state index contributed by atoms with van der Waals surface area (Å²) >= 11 is 6.34. The third-order valence-corrected chi connectivity index (χ3v) is 4.84. The molecule has 23 heavy (non-hydrogen) atoms. The van der Waals surface area contributed by atoms with Crippen LogP contribution in [0.5, 0.6) is 0 Å². The summed E-state index contributed by atoms with van der Waals surface area (Å²) in [5.41, 5.74) is 5.93. The minimum atomic E-state index is -0.372. The fourth-order valence-electron chi connectivity index (χ4n) is 3.35. The molecule has 2 aliphatic rings. The number of hydrogen-bond acceptors (Lipinski definition) is 4. The second-order valence-electron chi connectivity index (χ2n) is 6.14. The van der Waals surface area contributed by atoms with Gasteiger partial charge in [0.05, 0.1) is 10.6 Å². The van der Waals surface area contributed by atoms with Crippen LogP contribution < -0.4 is 10.6 Å². The van der Waals surface area contributed by atoms with Crippen LogP contribution in [-0.4, -0.2) is 47.4 Å². The molecule has 2 aliphatic heterocycles. The lowest BCUT2D eigenvalue weighted by atomic mass is 10.1. The SMILES string of the molecule is NC(=O)C1CCCN1c1ncc(C(=O)N2CCCCC2)cc1Cl. The zero-order chi connectivity index (χ0) is 16.4. The molecule has 2 amide bonds. The normalized spacial score (nSPS) is 21.5. The van der Waals surface area contributed by atoms with Crippen LogP contribution in [-0.2, 0) is 4.79 Å². The molecule has 0 saturated carbocycles. The Hall–Kier alpha value is -1.82. The van der Waals surface area contributed by atoms with Gasteiger partial charge in [-0.05, 0) is 38.2 Å². The Bertz CT molecular complexity index is 616. The second-order valence-corrected chi connectivity index (χ2v) is 6.54. The Labute approximate surface area is 140 Å². The number of carbonyl (C=O) groups is 2. The zero-order valence-corrected chi connectivity index (χ0v) is 13.8. The summed E-state index contributed by atoms with van der Waals surface area (Å²) in [7, 11) is 0. The van der Waals surface area contributed by atoms with Gasteiger partial charge in [0.2, 0.25) is 5.91 Å². The van der Waals surface area contributed by atoms with E-state index in [1.54, 1.807) is 12.3 Å². The topological polar surface area (TPSA) is 79.5 Å². The van der Waals surface area contributed by atoms with E-state index in [1.165, 1.54) is 6.42 Å². The number of nitrogens with two attached hydrogens (primary N) is 1. The van der Waals surface area contributed by atoms with Crippen molar-refractivity contribution < 1.29 is 9.59 Å². The van der Waals surface area contributed by atoms with E-state index in [2.05, 4.69) is 4.98 Å². The summed E-state index contributed by atoms with van der Waals surface area (Å²) < 4.78 is 0. The average molecular weight is 337 g/mol. The maximum Gasteiger partial charge on any atom is 0.255 e. The minimum Gasteiger partial charge on any atom is -0.368 e. The van der Waals surface area contributed by atoms with Crippen molar-refractivity contribution in [2.75, 3.05) is 24.5 Å². The van der Waals surface area contributed by atoms with Crippen molar-refractivity contribution in [1.29, 1.82) is 0 Å². The minimum absolute atomic E-state index is 0.0291. The van der Waals surface area contributed by atoms with Crippen LogP contribution in [0.4, 0.5) is 5.82 Å². The largest absolute Gasteiger partial charge is 0.368 e. The van der Waals surface area contributed by atoms with E-state index in [-0.39, 0.29) is 17.9 Å². The number of amides is 2. The predicted molar refractivity (Wildman–Crippen MR) is 88.6 cm³/mol. The van der Waals surface area contributed by atoms with Crippen LogP contribution >= 0.6 is 11.6 Å². The van der Waals surface area contributed by atoms with Crippen LogP contribution in [0.25, 0.3) is 0 Å². The molecule has 3 rings (SSSR count). The van der Waals surface area contributed by atoms with E-state index in [9.17, 15) is 9.59 Å². The smallest absolute Gasteiger partial charge is 0.255 e. The van der Waals surface area contributed by atoms with E-state index < -0.39 is 0 Å². The third kappa shape index (κ3) is 3.27. The molecule has 0 aromatic carbocycles. The number of rotatable bonds is 3. The molecular formula is C16H21ClN4O2. The van der Waals surface area contributed by atoms with E-state index in [0.29, 0.717) is 29.4 Å². The van der Waals surface area contributed by atoms with Crippen LogP contribution in [0.2, 0.25) is 5.02 Å². The molecule has 1 aromatic heterocycles. The van der Waals surface area contributed by atoms with Gasteiger partial charge in [0.1, 0.15) is 11.9 Å². The predicted octanol–water partition coefficient (Wildman–Crippen LogP) is 1.82. The highest BCUT2D eigenvalue weighted by molar-refractivity contribution is 6.33. The van der Waals surface area contributed by atoms with Gasteiger partial charge in [-0.1, -0.05) is 11.6 Å². The number of piperidine rings is 1. The van der Waals surface area contributed by atoms with Crippen LogP contribution in [0.15, 0.2) is 12.3 Å². The van der Waals surface area contributed by atoms with Crippen molar-refractivity contribution >= 4 is 29.2 Å². The van der Waals surface area contributed by atoms with Crippen molar-refractivity contribution in [3.8, 4) is 0 Å². The van der Waals surface area contributed by atoms with Gasteiger partial charge in [-0.2, -0.15) is 0 Å². The third-order valence-electron chi connectivity index (χ3n) is 4.57. The van der Waals surface area contributed by atoms with Gasteiger partial charge in [0, 0.05) is 25.8 Å². The van der Waals surface area contributed by atoms with Crippen molar-refractivity contribution in [2.24, 2.45) is 5.73 Å². The molecule has 0 radical (unpaired) electrons. The number of pyridine rings is 1. The van der Waals surface area contributed by atoms with Gasteiger partial charge in [-0.25, -0.2) is 4.98 Å². The fourth-order valence-corrected chi connectivity index (χ4v) is 3.63. The maximum atomic E-state index is 12.5. The molecule has 6 nitrogen and oxygen atoms in total. The molecule has 2 N–H and O–H groups in total. The average Bonchev–Trinajstić information content (AvgIpc) is 3.04. The van der Waals surface area contributed by atoms with Crippen molar-refractivity contribution in [2.45, 2.75) is 38.1 Å². The molecule has 0 aliphatic carbocycles. The summed E-state index contributed by atoms with van der Waals surface area (Å²) in [6, 6.07) is 1.28. The van der Waals surface area contributed by atoms with Crippen molar-refractivity contribution in [1.82, 2.24) is 9.88 Å². The fraction of sp³-hybridized carbons (Fsp3) is 0.562. The Morgan fingerprint density at radius 3 is 2.57 bits per heavy atom. The summed E-state index contributed by atoms with van der Waals surface area (Å²) in [6.07, 6.45) is 6.39. The van der Waals surface area contributed by atoms with E-state index in [4.69, 9.17) is 17.3 Å². The van der Waals surface area contributed by atoms with Gasteiger partial charge in [-0.3, -0.25) is 9.59 Å². The van der Waals surface area contributed by atoms with E-state index in [0.717, 1.165) is 32.4 Å². The number of likely N-dealkylation sites (tertiary alicyclic amines) is 1.